The second-order valence-corrected chi connectivity index (χ2v) is 4.50. The first-order valence-corrected chi connectivity index (χ1v) is 5.46. The lowest BCUT2D eigenvalue weighted by Crippen LogP contribution is -2.26. The summed E-state index contributed by atoms with van der Waals surface area (Å²) in [6, 6.07) is 0. The number of aromatic nitrogens is 2. The van der Waals surface area contributed by atoms with Crippen molar-refractivity contribution in [1.29, 1.82) is 5.41 Å². The molecule has 1 aliphatic carbocycles. The van der Waals surface area contributed by atoms with E-state index in [9.17, 15) is 0 Å². The second kappa shape index (κ2) is 4.08. The maximum absolute atomic E-state index is 7.46. The summed E-state index contributed by atoms with van der Waals surface area (Å²) in [7, 11) is 1.97. The molecule has 2 unspecified atom stereocenters. The average Bonchev–Trinajstić information content (AvgIpc) is 2.94. The van der Waals surface area contributed by atoms with Gasteiger partial charge in [0, 0.05) is 26.0 Å². The van der Waals surface area contributed by atoms with Crippen molar-refractivity contribution in [3.8, 4) is 0 Å². The summed E-state index contributed by atoms with van der Waals surface area (Å²) in [5.74, 6) is 2.22. The van der Waals surface area contributed by atoms with Gasteiger partial charge in [0.05, 0.1) is 0 Å². The SMILES string of the molecule is CC1CC1CN(C)c1nccnc1C(=N)N. The van der Waals surface area contributed by atoms with Gasteiger partial charge in [-0.1, -0.05) is 6.92 Å². The number of nitrogen functional groups attached to an aromatic ring is 1. The van der Waals surface area contributed by atoms with E-state index in [1.165, 1.54) is 6.42 Å². The summed E-state index contributed by atoms with van der Waals surface area (Å²) in [5.41, 5.74) is 5.95. The van der Waals surface area contributed by atoms with E-state index in [2.05, 4.69) is 16.9 Å². The minimum absolute atomic E-state index is 0.0289. The lowest BCUT2D eigenvalue weighted by molar-refractivity contribution is 0.717. The number of hydrogen-bond acceptors (Lipinski definition) is 4. The van der Waals surface area contributed by atoms with Gasteiger partial charge < -0.3 is 10.6 Å². The molecule has 3 N–H and O–H groups in total. The van der Waals surface area contributed by atoms with Crippen LogP contribution in [-0.2, 0) is 0 Å². The smallest absolute Gasteiger partial charge is 0.158 e. The molecular weight excluding hydrogens is 202 g/mol. The number of anilines is 1. The molecule has 5 nitrogen and oxygen atoms in total. The zero-order valence-corrected chi connectivity index (χ0v) is 9.64. The predicted octanol–water partition coefficient (Wildman–Crippen LogP) is 0.853. The Bertz CT molecular complexity index is 403. The zero-order chi connectivity index (χ0) is 11.7. The van der Waals surface area contributed by atoms with Crippen LogP contribution in [-0.4, -0.2) is 29.4 Å². The summed E-state index contributed by atoms with van der Waals surface area (Å²) >= 11 is 0. The van der Waals surface area contributed by atoms with Crippen LogP contribution < -0.4 is 10.6 Å². The summed E-state index contributed by atoms with van der Waals surface area (Å²) in [4.78, 5) is 10.4. The number of nitrogens with zero attached hydrogens (tertiary/aromatic N) is 3. The molecule has 0 amide bonds. The molecule has 5 heteroatoms. The number of nitrogens with two attached hydrogens (primary N) is 1. The first-order chi connectivity index (χ1) is 7.59. The fourth-order valence-electron chi connectivity index (χ4n) is 1.89. The maximum Gasteiger partial charge on any atom is 0.158 e. The molecule has 1 fully saturated rings. The van der Waals surface area contributed by atoms with Crippen LogP contribution in [0.3, 0.4) is 0 Å². The number of rotatable bonds is 4. The molecule has 0 saturated heterocycles. The van der Waals surface area contributed by atoms with Crippen molar-refractivity contribution in [1.82, 2.24) is 9.97 Å². The van der Waals surface area contributed by atoms with Crippen LogP contribution in [0.2, 0.25) is 0 Å². The normalized spacial score (nSPS) is 22.9. The van der Waals surface area contributed by atoms with Gasteiger partial charge in [-0.05, 0) is 18.3 Å². The van der Waals surface area contributed by atoms with Crippen molar-refractivity contribution in [2.45, 2.75) is 13.3 Å². The highest BCUT2D eigenvalue weighted by Crippen LogP contribution is 2.38. The topological polar surface area (TPSA) is 78.9 Å². The fraction of sp³-hybridized carbons (Fsp3) is 0.545. The van der Waals surface area contributed by atoms with Gasteiger partial charge in [0.2, 0.25) is 0 Å². The Morgan fingerprint density at radius 3 is 2.75 bits per heavy atom. The molecule has 86 valence electrons. The summed E-state index contributed by atoms with van der Waals surface area (Å²) in [6.07, 6.45) is 4.47. The maximum atomic E-state index is 7.46. The molecule has 1 heterocycles. The molecule has 1 aromatic rings. The van der Waals surface area contributed by atoms with Gasteiger partial charge in [0.25, 0.3) is 0 Å². The van der Waals surface area contributed by atoms with Crippen molar-refractivity contribution >= 4 is 11.7 Å². The van der Waals surface area contributed by atoms with Crippen molar-refractivity contribution < 1.29 is 0 Å². The number of nitrogens with one attached hydrogen (secondary N) is 1. The van der Waals surface area contributed by atoms with Crippen LogP contribution in [0.1, 0.15) is 19.0 Å². The first kappa shape index (κ1) is 10.9. The fourth-order valence-corrected chi connectivity index (χ4v) is 1.89. The molecule has 0 aliphatic heterocycles. The van der Waals surface area contributed by atoms with Gasteiger partial charge in [-0.3, -0.25) is 5.41 Å². The second-order valence-electron chi connectivity index (χ2n) is 4.50. The molecular formula is C11H17N5. The Hall–Kier alpha value is -1.65. The van der Waals surface area contributed by atoms with Gasteiger partial charge in [-0.2, -0.15) is 0 Å². The van der Waals surface area contributed by atoms with Crippen LogP contribution >= 0.6 is 0 Å². The highest BCUT2D eigenvalue weighted by molar-refractivity contribution is 5.97. The third-order valence-electron chi connectivity index (χ3n) is 3.08. The molecule has 1 aromatic heterocycles. The quantitative estimate of drug-likeness (QED) is 0.581. The van der Waals surface area contributed by atoms with E-state index in [1.807, 2.05) is 11.9 Å². The Kier molecular flexibility index (Phi) is 2.77. The molecule has 16 heavy (non-hydrogen) atoms. The van der Waals surface area contributed by atoms with Crippen LogP contribution in [0.4, 0.5) is 5.82 Å². The number of hydrogen-bond donors (Lipinski definition) is 2. The number of amidine groups is 1. The van der Waals surface area contributed by atoms with E-state index in [0.29, 0.717) is 11.5 Å². The molecule has 2 atom stereocenters. The van der Waals surface area contributed by atoms with Gasteiger partial charge >= 0.3 is 0 Å². The highest BCUT2D eigenvalue weighted by atomic mass is 15.2. The largest absolute Gasteiger partial charge is 0.382 e. The van der Waals surface area contributed by atoms with Crippen molar-refractivity contribution in [2.24, 2.45) is 17.6 Å². The molecule has 1 aliphatic rings. The molecule has 0 bridgehead atoms. The van der Waals surface area contributed by atoms with Crippen LogP contribution in [0, 0.1) is 17.2 Å². The monoisotopic (exact) mass is 219 g/mol. The third-order valence-corrected chi connectivity index (χ3v) is 3.08. The van der Waals surface area contributed by atoms with Crippen LogP contribution in [0.5, 0.6) is 0 Å². The van der Waals surface area contributed by atoms with Gasteiger partial charge in [0.1, 0.15) is 11.5 Å². The highest BCUT2D eigenvalue weighted by Gasteiger charge is 2.33. The Morgan fingerprint density at radius 1 is 1.56 bits per heavy atom. The van der Waals surface area contributed by atoms with E-state index in [1.54, 1.807) is 12.4 Å². The Labute approximate surface area is 95.2 Å². The zero-order valence-electron chi connectivity index (χ0n) is 9.64. The molecule has 1 saturated carbocycles. The predicted molar refractivity (Wildman–Crippen MR) is 63.6 cm³/mol. The van der Waals surface area contributed by atoms with Gasteiger partial charge in [-0.25, -0.2) is 9.97 Å². The van der Waals surface area contributed by atoms with E-state index < -0.39 is 0 Å². The standard InChI is InChI=1S/C11H17N5/c1-7-5-8(7)6-16(2)11-9(10(12)13)14-3-4-15-11/h3-4,7-8H,5-6H2,1-2H3,(H3,12,13). The summed E-state index contributed by atoms with van der Waals surface area (Å²) in [5, 5.41) is 7.46. The molecule has 0 radical (unpaired) electrons. The van der Waals surface area contributed by atoms with Gasteiger partial charge in [0.15, 0.2) is 5.82 Å². The lowest BCUT2D eigenvalue weighted by Gasteiger charge is -2.19. The van der Waals surface area contributed by atoms with E-state index >= 15 is 0 Å². The van der Waals surface area contributed by atoms with Crippen molar-refractivity contribution in [3.05, 3.63) is 18.1 Å². The van der Waals surface area contributed by atoms with E-state index in [4.69, 9.17) is 11.1 Å². The molecule has 0 spiro atoms. The summed E-state index contributed by atoms with van der Waals surface area (Å²) in [6.45, 7) is 3.21. The Morgan fingerprint density at radius 2 is 2.19 bits per heavy atom. The van der Waals surface area contributed by atoms with Crippen molar-refractivity contribution in [3.63, 3.8) is 0 Å². The van der Waals surface area contributed by atoms with Crippen LogP contribution in [0.25, 0.3) is 0 Å². The lowest BCUT2D eigenvalue weighted by atomic mass is 10.3. The minimum atomic E-state index is -0.0289. The van der Waals surface area contributed by atoms with Crippen molar-refractivity contribution in [2.75, 3.05) is 18.5 Å². The van der Waals surface area contributed by atoms with E-state index in [-0.39, 0.29) is 5.84 Å². The van der Waals surface area contributed by atoms with Gasteiger partial charge in [-0.15, -0.1) is 0 Å². The molecule has 0 aromatic carbocycles. The Balaban J connectivity index is 2.15. The van der Waals surface area contributed by atoms with E-state index in [0.717, 1.165) is 18.4 Å². The minimum Gasteiger partial charge on any atom is -0.382 e. The molecule has 2 rings (SSSR count). The summed E-state index contributed by atoms with van der Waals surface area (Å²) < 4.78 is 0. The first-order valence-electron chi connectivity index (χ1n) is 5.46. The average molecular weight is 219 g/mol. The van der Waals surface area contributed by atoms with Crippen LogP contribution in [0.15, 0.2) is 12.4 Å². The third kappa shape index (κ3) is 2.13.